The van der Waals surface area contributed by atoms with Gasteiger partial charge in [-0.2, -0.15) is 11.3 Å². The van der Waals surface area contributed by atoms with E-state index in [1.807, 2.05) is 17.7 Å². The molecule has 0 saturated heterocycles. The zero-order valence-corrected chi connectivity index (χ0v) is 10.8. The summed E-state index contributed by atoms with van der Waals surface area (Å²) >= 11 is 7.79. The fraction of sp³-hybridized carbons (Fsp3) is 0.231. The van der Waals surface area contributed by atoms with Crippen molar-refractivity contribution in [2.24, 2.45) is 0 Å². The lowest BCUT2D eigenvalue weighted by molar-refractivity contribution is 0.498. The van der Waals surface area contributed by atoms with Crippen LogP contribution in [-0.4, -0.2) is 0 Å². The zero-order valence-electron chi connectivity index (χ0n) is 9.21. The Hall–Kier alpha value is -0.930. The van der Waals surface area contributed by atoms with Gasteiger partial charge in [0.05, 0.1) is 5.38 Å². The van der Waals surface area contributed by atoms with Gasteiger partial charge in [-0.3, -0.25) is 0 Å². The van der Waals surface area contributed by atoms with Gasteiger partial charge >= 0.3 is 0 Å². The summed E-state index contributed by atoms with van der Waals surface area (Å²) in [6.45, 7) is 1.96. The van der Waals surface area contributed by atoms with Gasteiger partial charge in [0, 0.05) is 0 Å². The number of benzene rings is 1. The fourth-order valence-corrected chi connectivity index (χ4v) is 3.08. The predicted octanol–water partition coefficient (Wildman–Crippen LogP) is 4.86. The third-order valence-corrected chi connectivity index (χ3v) is 3.93. The number of hydrogen-bond donors (Lipinski definition) is 0. The summed E-state index contributed by atoms with van der Waals surface area (Å²) in [5.74, 6) is -1.63. The van der Waals surface area contributed by atoms with Crippen molar-refractivity contribution in [3.05, 3.63) is 57.3 Å². The highest BCUT2D eigenvalue weighted by atomic mass is 35.5. The summed E-state index contributed by atoms with van der Waals surface area (Å²) < 4.78 is 26.5. The molecule has 0 saturated carbocycles. The van der Waals surface area contributed by atoms with Crippen LogP contribution in [0.3, 0.4) is 0 Å². The van der Waals surface area contributed by atoms with Crippen molar-refractivity contribution in [1.29, 1.82) is 0 Å². The molecule has 1 unspecified atom stereocenters. The molecule has 0 amide bonds. The predicted molar refractivity (Wildman–Crippen MR) is 67.7 cm³/mol. The van der Waals surface area contributed by atoms with Gasteiger partial charge in [-0.15, -0.1) is 11.6 Å². The number of rotatable bonds is 3. The van der Waals surface area contributed by atoms with E-state index < -0.39 is 11.6 Å². The average molecular weight is 273 g/mol. The highest BCUT2D eigenvalue weighted by molar-refractivity contribution is 7.08. The first-order valence-corrected chi connectivity index (χ1v) is 6.57. The molecule has 1 aromatic heterocycles. The third-order valence-electron chi connectivity index (χ3n) is 2.66. The highest BCUT2D eigenvalue weighted by Crippen LogP contribution is 2.30. The minimum Gasteiger partial charge on any atom is -0.204 e. The Morgan fingerprint density at radius 3 is 2.71 bits per heavy atom. The van der Waals surface area contributed by atoms with Crippen molar-refractivity contribution in [2.45, 2.75) is 18.7 Å². The lowest BCUT2D eigenvalue weighted by Gasteiger charge is -2.10. The van der Waals surface area contributed by atoms with Gasteiger partial charge in [-0.05, 0) is 46.9 Å². The topological polar surface area (TPSA) is 0 Å². The van der Waals surface area contributed by atoms with E-state index in [1.165, 1.54) is 6.07 Å². The van der Waals surface area contributed by atoms with Crippen LogP contribution in [0.2, 0.25) is 0 Å². The van der Waals surface area contributed by atoms with E-state index in [0.717, 1.165) is 17.2 Å². The van der Waals surface area contributed by atoms with Crippen molar-refractivity contribution in [3.8, 4) is 0 Å². The molecule has 1 aromatic carbocycles. The van der Waals surface area contributed by atoms with E-state index >= 15 is 0 Å². The molecule has 0 aliphatic rings. The van der Waals surface area contributed by atoms with E-state index in [4.69, 9.17) is 11.6 Å². The molecule has 2 aromatic rings. The van der Waals surface area contributed by atoms with E-state index in [0.29, 0.717) is 12.0 Å². The second-order valence-electron chi connectivity index (χ2n) is 3.89. The van der Waals surface area contributed by atoms with Crippen LogP contribution in [-0.2, 0) is 6.42 Å². The quantitative estimate of drug-likeness (QED) is 0.700. The molecule has 0 nitrogen and oxygen atoms in total. The minimum atomic E-state index is -0.826. The van der Waals surface area contributed by atoms with Gasteiger partial charge in [0.1, 0.15) is 0 Å². The molecule has 0 aliphatic carbocycles. The Morgan fingerprint density at radius 1 is 1.29 bits per heavy atom. The number of aryl methyl sites for hydroxylation is 1. The van der Waals surface area contributed by atoms with Crippen LogP contribution in [0.4, 0.5) is 8.78 Å². The second-order valence-corrected chi connectivity index (χ2v) is 5.17. The maximum absolute atomic E-state index is 13.5. The molecule has 1 atom stereocenters. The number of alkyl halides is 1. The first kappa shape index (κ1) is 12.5. The Labute approximate surface area is 108 Å². The van der Waals surface area contributed by atoms with E-state index in [1.54, 1.807) is 17.4 Å². The summed E-state index contributed by atoms with van der Waals surface area (Å²) in [6.07, 6.45) is 0.294. The standard InChI is InChI=1S/C13H11ClF2S/c1-8-6-17-7-10(8)11(14)5-9-3-2-4-12(15)13(9)16/h2-4,6-7,11H,5H2,1H3. The van der Waals surface area contributed by atoms with Crippen molar-refractivity contribution >= 4 is 22.9 Å². The summed E-state index contributed by atoms with van der Waals surface area (Å²) in [4.78, 5) is 0. The molecular formula is C13H11ClF2S. The van der Waals surface area contributed by atoms with Crippen LogP contribution >= 0.6 is 22.9 Å². The molecule has 0 radical (unpaired) electrons. The van der Waals surface area contributed by atoms with E-state index in [2.05, 4.69) is 0 Å². The molecule has 4 heteroatoms. The Bertz CT molecular complexity index is 522. The largest absolute Gasteiger partial charge is 0.204 e. The maximum Gasteiger partial charge on any atom is 0.162 e. The fourth-order valence-electron chi connectivity index (χ4n) is 1.70. The van der Waals surface area contributed by atoms with Crippen molar-refractivity contribution < 1.29 is 8.78 Å². The molecule has 2 rings (SSSR count). The molecule has 17 heavy (non-hydrogen) atoms. The van der Waals surface area contributed by atoms with Crippen molar-refractivity contribution in [2.75, 3.05) is 0 Å². The average Bonchev–Trinajstić information content (AvgIpc) is 2.71. The summed E-state index contributed by atoms with van der Waals surface area (Å²) in [6, 6.07) is 4.17. The minimum absolute atomic E-state index is 0.294. The van der Waals surface area contributed by atoms with Gasteiger partial charge in [-0.1, -0.05) is 12.1 Å². The molecule has 90 valence electrons. The molecule has 0 aliphatic heterocycles. The van der Waals surface area contributed by atoms with Crippen LogP contribution in [0.25, 0.3) is 0 Å². The second kappa shape index (κ2) is 5.15. The van der Waals surface area contributed by atoms with Crippen LogP contribution in [0, 0.1) is 18.6 Å². The highest BCUT2D eigenvalue weighted by Gasteiger charge is 2.16. The Morgan fingerprint density at radius 2 is 2.06 bits per heavy atom. The van der Waals surface area contributed by atoms with Gasteiger partial charge in [0.25, 0.3) is 0 Å². The van der Waals surface area contributed by atoms with Crippen LogP contribution in [0.1, 0.15) is 22.1 Å². The maximum atomic E-state index is 13.5. The van der Waals surface area contributed by atoms with Gasteiger partial charge in [0.15, 0.2) is 11.6 Å². The Balaban J connectivity index is 2.22. The van der Waals surface area contributed by atoms with Crippen LogP contribution < -0.4 is 0 Å². The lowest BCUT2D eigenvalue weighted by atomic mass is 10.0. The first-order chi connectivity index (χ1) is 8.09. The number of thiophene rings is 1. The smallest absolute Gasteiger partial charge is 0.162 e. The lowest BCUT2D eigenvalue weighted by Crippen LogP contribution is -2.00. The van der Waals surface area contributed by atoms with Crippen LogP contribution in [0.5, 0.6) is 0 Å². The first-order valence-electron chi connectivity index (χ1n) is 5.19. The summed E-state index contributed by atoms with van der Waals surface area (Å²) in [5.41, 5.74) is 2.39. The molecule has 0 bridgehead atoms. The van der Waals surface area contributed by atoms with E-state index in [9.17, 15) is 8.78 Å². The monoisotopic (exact) mass is 272 g/mol. The van der Waals surface area contributed by atoms with Crippen molar-refractivity contribution in [3.63, 3.8) is 0 Å². The number of halogens is 3. The molecule has 0 N–H and O–H groups in total. The SMILES string of the molecule is Cc1cscc1C(Cl)Cc1cccc(F)c1F. The molecule has 0 spiro atoms. The summed E-state index contributed by atoms with van der Waals surface area (Å²) in [7, 11) is 0. The van der Waals surface area contributed by atoms with Gasteiger partial charge in [-0.25, -0.2) is 8.78 Å². The summed E-state index contributed by atoms with van der Waals surface area (Å²) in [5, 5.41) is 3.62. The van der Waals surface area contributed by atoms with Crippen LogP contribution in [0.15, 0.2) is 29.0 Å². The molecule has 0 fully saturated rings. The third kappa shape index (κ3) is 2.67. The number of hydrogen-bond acceptors (Lipinski definition) is 1. The van der Waals surface area contributed by atoms with Gasteiger partial charge < -0.3 is 0 Å². The normalized spacial score (nSPS) is 12.7. The molecule has 1 heterocycles. The van der Waals surface area contributed by atoms with Gasteiger partial charge in [0.2, 0.25) is 0 Å². The van der Waals surface area contributed by atoms with E-state index in [-0.39, 0.29) is 5.38 Å². The zero-order chi connectivity index (χ0) is 12.4. The molecular weight excluding hydrogens is 262 g/mol. The van der Waals surface area contributed by atoms with Crippen molar-refractivity contribution in [1.82, 2.24) is 0 Å². The Kier molecular flexibility index (Phi) is 3.79.